The molecule has 2 aliphatic rings. The molecule has 0 unspecified atom stereocenters. The van der Waals surface area contributed by atoms with Crippen LogP contribution >= 0.6 is 0 Å². The molecule has 92 valence electrons. The van der Waals surface area contributed by atoms with Gasteiger partial charge in [-0.05, 0) is 36.1 Å². The fourth-order valence-electron chi connectivity index (χ4n) is 2.74. The molecule has 1 heterocycles. The van der Waals surface area contributed by atoms with Gasteiger partial charge in [-0.15, -0.1) is 0 Å². The number of benzene rings is 1. The smallest absolute Gasteiger partial charge is 0.211 e. The van der Waals surface area contributed by atoms with Crippen molar-refractivity contribution in [2.75, 3.05) is 18.5 Å². The van der Waals surface area contributed by atoms with Gasteiger partial charge in [-0.3, -0.25) is 0 Å². The molecular formula is C12H16N2O2S. The molecule has 2 N–H and O–H groups in total. The number of hydrogen-bond donors (Lipinski definition) is 1. The van der Waals surface area contributed by atoms with Crippen LogP contribution in [0.25, 0.3) is 0 Å². The molecule has 1 saturated carbocycles. The molecule has 1 fully saturated rings. The lowest BCUT2D eigenvalue weighted by atomic mass is 9.88. The SMILES string of the molecule is CS(=O)(=O)N1Cc2cc(N)ccc2C2(CC2)C1. The molecule has 17 heavy (non-hydrogen) atoms. The second kappa shape index (κ2) is 3.23. The Morgan fingerprint density at radius 2 is 2.06 bits per heavy atom. The van der Waals surface area contributed by atoms with E-state index in [4.69, 9.17) is 5.73 Å². The fourth-order valence-corrected chi connectivity index (χ4v) is 3.60. The van der Waals surface area contributed by atoms with Crippen molar-refractivity contribution < 1.29 is 8.42 Å². The van der Waals surface area contributed by atoms with E-state index in [1.807, 2.05) is 12.1 Å². The summed E-state index contributed by atoms with van der Waals surface area (Å²) in [6, 6.07) is 5.89. The molecule has 3 rings (SSSR count). The Morgan fingerprint density at radius 1 is 1.35 bits per heavy atom. The molecule has 1 aliphatic heterocycles. The van der Waals surface area contributed by atoms with E-state index in [2.05, 4.69) is 6.07 Å². The van der Waals surface area contributed by atoms with E-state index in [1.54, 1.807) is 4.31 Å². The van der Waals surface area contributed by atoms with E-state index >= 15 is 0 Å². The summed E-state index contributed by atoms with van der Waals surface area (Å²) in [5, 5.41) is 0. The molecule has 0 saturated heterocycles. The summed E-state index contributed by atoms with van der Waals surface area (Å²) in [6.45, 7) is 1.09. The van der Waals surface area contributed by atoms with Crippen LogP contribution in [-0.2, 0) is 22.0 Å². The third-order valence-corrected chi connectivity index (χ3v) is 5.05. The number of nitrogen functional groups attached to an aromatic ring is 1. The number of rotatable bonds is 1. The highest BCUT2D eigenvalue weighted by Crippen LogP contribution is 2.52. The first-order valence-electron chi connectivity index (χ1n) is 5.75. The predicted molar refractivity (Wildman–Crippen MR) is 67.0 cm³/mol. The Hall–Kier alpha value is -1.07. The van der Waals surface area contributed by atoms with Crippen molar-refractivity contribution in [2.24, 2.45) is 0 Å². The quantitative estimate of drug-likeness (QED) is 0.761. The van der Waals surface area contributed by atoms with Gasteiger partial charge in [0.05, 0.1) is 6.26 Å². The minimum Gasteiger partial charge on any atom is -0.399 e. The molecule has 1 spiro atoms. The molecule has 0 aromatic heterocycles. The monoisotopic (exact) mass is 252 g/mol. The zero-order valence-corrected chi connectivity index (χ0v) is 10.6. The van der Waals surface area contributed by atoms with E-state index in [0.29, 0.717) is 18.8 Å². The lowest BCUT2D eigenvalue weighted by molar-refractivity contribution is 0.347. The van der Waals surface area contributed by atoms with Gasteiger partial charge in [0.1, 0.15) is 0 Å². The Balaban J connectivity index is 2.09. The maximum atomic E-state index is 11.7. The van der Waals surface area contributed by atoms with Gasteiger partial charge in [0.15, 0.2) is 0 Å². The predicted octanol–water partition coefficient (Wildman–Crippen LogP) is 1.08. The second-order valence-electron chi connectivity index (χ2n) is 5.23. The molecule has 1 aromatic carbocycles. The molecule has 4 nitrogen and oxygen atoms in total. The third-order valence-electron chi connectivity index (χ3n) is 3.85. The Bertz CT molecular complexity index is 576. The van der Waals surface area contributed by atoms with E-state index in [-0.39, 0.29) is 5.41 Å². The van der Waals surface area contributed by atoms with E-state index in [0.717, 1.165) is 18.4 Å². The standard InChI is InChI=1S/C12H16N2O2S/c1-17(15,16)14-7-9-6-10(13)2-3-11(9)12(8-14)4-5-12/h2-3,6H,4-5,7-8,13H2,1H3. The van der Waals surface area contributed by atoms with Crippen molar-refractivity contribution in [3.8, 4) is 0 Å². The van der Waals surface area contributed by atoms with E-state index < -0.39 is 10.0 Å². The van der Waals surface area contributed by atoms with Crippen molar-refractivity contribution in [3.63, 3.8) is 0 Å². The average molecular weight is 252 g/mol. The van der Waals surface area contributed by atoms with Gasteiger partial charge < -0.3 is 5.73 Å². The van der Waals surface area contributed by atoms with Gasteiger partial charge in [0.25, 0.3) is 0 Å². The Labute approximate surface area is 101 Å². The van der Waals surface area contributed by atoms with Gasteiger partial charge in [-0.1, -0.05) is 6.07 Å². The average Bonchev–Trinajstić information content (AvgIpc) is 2.96. The molecule has 0 radical (unpaired) electrons. The summed E-state index contributed by atoms with van der Waals surface area (Å²) < 4.78 is 25.0. The molecular weight excluding hydrogens is 236 g/mol. The van der Waals surface area contributed by atoms with Gasteiger partial charge in [-0.25, -0.2) is 8.42 Å². The largest absolute Gasteiger partial charge is 0.399 e. The number of sulfonamides is 1. The van der Waals surface area contributed by atoms with Crippen molar-refractivity contribution in [3.05, 3.63) is 29.3 Å². The summed E-state index contributed by atoms with van der Waals surface area (Å²) in [5.74, 6) is 0. The summed E-state index contributed by atoms with van der Waals surface area (Å²) in [6.07, 6.45) is 3.44. The molecule has 0 bridgehead atoms. The number of fused-ring (bicyclic) bond motifs is 2. The van der Waals surface area contributed by atoms with Crippen LogP contribution in [0.15, 0.2) is 18.2 Å². The lowest BCUT2D eigenvalue weighted by Crippen LogP contribution is -2.41. The van der Waals surface area contributed by atoms with Crippen LogP contribution in [0.1, 0.15) is 24.0 Å². The maximum Gasteiger partial charge on any atom is 0.211 e. The van der Waals surface area contributed by atoms with Gasteiger partial charge in [0.2, 0.25) is 10.0 Å². The first-order chi connectivity index (χ1) is 7.91. The van der Waals surface area contributed by atoms with Crippen LogP contribution in [0, 0.1) is 0 Å². The summed E-state index contributed by atoms with van der Waals surface area (Å²) in [4.78, 5) is 0. The molecule has 1 aromatic rings. The minimum absolute atomic E-state index is 0.0738. The molecule has 0 amide bonds. The summed E-state index contributed by atoms with van der Waals surface area (Å²) in [5.41, 5.74) is 8.92. The first kappa shape index (κ1) is 11.0. The van der Waals surface area contributed by atoms with Crippen molar-refractivity contribution >= 4 is 15.7 Å². The van der Waals surface area contributed by atoms with Crippen LogP contribution in [0.5, 0.6) is 0 Å². The van der Waals surface area contributed by atoms with Crippen molar-refractivity contribution in [2.45, 2.75) is 24.8 Å². The lowest BCUT2D eigenvalue weighted by Gasteiger charge is -2.33. The Kier molecular flexibility index (Phi) is 2.10. The second-order valence-corrected chi connectivity index (χ2v) is 7.21. The van der Waals surface area contributed by atoms with Gasteiger partial charge in [-0.2, -0.15) is 4.31 Å². The van der Waals surface area contributed by atoms with Crippen LogP contribution < -0.4 is 5.73 Å². The zero-order valence-electron chi connectivity index (χ0n) is 9.81. The Morgan fingerprint density at radius 3 is 2.65 bits per heavy atom. The van der Waals surface area contributed by atoms with Crippen molar-refractivity contribution in [1.29, 1.82) is 0 Å². The molecule has 1 aliphatic carbocycles. The highest BCUT2D eigenvalue weighted by atomic mass is 32.2. The van der Waals surface area contributed by atoms with Crippen LogP contribution in [-0.4, -0.2) is 25.5 Å². The highest BCUT2D eigenvalue weighted by molar-refractivity contribution is 7.88. The first-order valence-corrected chi connectivity index (χ1v) is 7.60. The molecule has 5 heteroatoms. The van der Waals surface area contributed by atoms with Crippen LogP contribution in [0.4, 0.5) is 5.69 Å². The highest BCUT2D eigenvalue weighted by Gasteiger charge is 2.50. The van der Waals surface area contributed by atoms with Crippen LogP contribution in [0.2, 0.25) is 0 Å². The number of nitrogens with two attached hydrogens (primary N) is 1. The third kappa shape index (κ3) is 1.73. The maximum absolute atomic E-state index is 11.7. The van der Waals surface area contributed by atoms with E-state index in [9.17, 15) is 8.42 Å². The number of hydrogen-bond acceptors (Lipinski definition) is 3. The zero-order chi connectivity index (χ0) is 12.3. The topological polar surface area (TPSA) is 63.4 Å². The fraction of sp³-hybridized carbons (Fsp3) is 0.500. The van der Waals surface area contributed by atoms with E-state index in [1.165, 1.54) is 11.8 Å². The van der Waals surface area contributed by atoms with Gasteiger partial charge >= 0.3 is 0 Å². The van der Waals surface area contributed by atoms with Crippen molar-refractivity contribution in [1.82, 2.24) is 4.31 Å². The number of nitrogens with zero attached hydrogens (tertiary/aromatic N) is 1. The summed E-state index contributed by atoms with van der Waals surface area (Å²) in [7, 11) is -3.12. The normalized spacial score (nSPS) is 22.4. The van der Waals surface area contributed by atoms with Crippen LogP contribution in [0.3, 0.4) is 0 Å². The molecule has 0 atom stereocenters. The van der Waals surface area contributed by atoms with Gasteiger partial charge in [0, 0.05) is 24.2 Å². The summed E-state index contributed by atoms with van der Waals surface area (Å²) >= 11 is 0. The number of anilines is 1. The minimum atomic E-state index is -3.12.